The lowest BCUT2D eigenvalue weighted by Crippen LogP contribution is -2.60. The fourth-order valence-electron chi connectivity index (χ4n) is 8.49. The second-order valence-electron chi connectivity index (χ2n) is 11.6. The van der Waals surface area contributed by atoms with Crippen LogP contribution in [0.25, 0.3) is 0 Å². The summed E-state index contributed by atoms with van der Waals surface area (Å²) in [5.74, 6) is 0.693. The molecule has 0 unspecified atom stereocenters. The Kier molecular flexibility index (Phi) is 7.06. The first-order chi connectivity index (χ1) is 15.7. The van der Waals surface area contributed by atoms with Crippen molar-refractivity contribution in [2.45, 2.75) is 90.1 Å². The number of carbonyl (C=O) groups excluding carboxylic acids is 2. The summed E-state index contributed by atoms with van der Waals surface area (Å²) in [6.45, 7) is 13.4. The molecular weight excluding hydrogens is 480 g/mol. The molecule has 0 aromatic heterocycles. The van der Waals surface area contributed by atoms with Gasteiger partial charge in [-0.25, -0.2) is 0 Å². The molecule has 4 rings (SSSR count). The van der Waals surface area contributed by atoms with E-state index in [1.807, 2.05) is 0 Å². The Bertz CT molecular complexity index is 823. The second kappa shape index (κ2) is 9.26. The van der Waals surface area contributed by atoms with E-state index in [0.29, 0.717) is 6.61 Å². The molecule has 33 heavy (non-hydrogen) atoms. The molecule has 4 nitrogen and oxygen atoms in total. The number of halogens is 1. The predicted molar refractivity (Wildman–Crippen MR) is 134 cm³/mol. The zero-order chi connectivity index (χ0) is 23.9. The van der Waals surface area contributed by atoms with E-state index < -0.39 is 11.0 Å². The molecule has 0 aromatic rings. The van der Waals surface area contributed by atoms with E-state index >= 15 is 0 Å². The molecule has 0 N–H and O–H groups in total. The molecule has 1 spiro atoms. The molecular formula is C28H41BrO4. The van der Waals surface area contributed by atoms with Crippen molar-refractivity contribution < 1.29 is 19.1 Å². The molecule has 0 aliphatic heterocycles. The highest BCUT2D eigenvalue weighted by Gasteiger charge is 2.71. The van der Waals surface area contributed by atoms with Gasteiger partial charge in [0.25, 0.3) is 0 Å². The molecule has 0 heterocycles. The summed E-state index contributed by atoms with van der Waals surface area (Å²) in [6, 6.07) is 0. The third-order valence-corrected chi connectivity index (χ3v) is 10.5. The predicted octanol–water partition coefficient (Wildman–Crippen LogP) is 6.57. The van der Waals surface area contributed by atoms with E-state index in [9.17, 15) is 9.59 Å². The zero-order valence-electron chi connectivity index (χ0n) is 20.6. The minimum Gasteiger partial charge on any atom is -0.461 e. The van der Waals surface area contributed by atoms with Crippen LogP contribution >= 0.6 is 15.9 Å². The fourth-order valence-corrected chi connectivity index (χ4v) is 8.89. The summed E-state index contributed by atoms with van der Waals surface area (Å²) in [7, 11) is 0. The average Bonchev–Trinajstić information content (AvgIpc) is 2.94. The van der Waals surface area contributed by atoms with Crippen LogP contribution in [0.5, 0.6) is 0 Å². The number of unbranched alkanes of at least 4 members (excludes halogenated alkanes) is 2. The maximum absolute atomic E-state index is 13.8. The first kappa shape index (κ1) is 25.2. The van der Waals surface area contributed by atoms with Gasteiger partial charge >= 0.3 is 5.97 Å². The average molecular weight is 522 g/mol. The molecule has 0 aromatic carbocycles. The summed E-state index contributed by atoms with van der Waals surface area (Å²) in [5.41, 5.74) is -0.639. The van der Waals surface area contributed by atoms with E-state index in [1.165, 1.54) is 0 Å². The van der Waals surface area contributed by atoms with Crippen LogP contribution in [0.15, 0.2) is 24.8 Å². The third kappa shape index (κ3) is 3.80. The smallest absolute Gasteiger partial charge is 0.312 e. The van der Waals surface area contributed by atoms with Crippen molar-refractivity contribution in [3.8, 4) is 0 Å². The Balaban J connectivity index is 1.58. The molecule has 6 atom stereocenters. The first-order valence-corrected chi connectivity index (χ1v) is 14.0. The molecule has 2 bridgehead atoms. The molecule has 0 radical (unpaired) electrons. The van der Waals surface area contributed by atoms with Gasteiger partial charge in [-0.3, -0.25) is 9.59 Å². The Morgan fingerprint density at radius 2 is 1.88 bits per heavy atom. The summed E-state index contributed by atoms with van der Waals surface area (Å²) in [4.78, 5) is 27.0. The Morgan fingerprint density at radius 1 is 1.12 bits per heavy atom. The monoisotopic (exact) mass is 520 g/mol. The van der Waals surface area contributed by atoms with Gasteiger partial charge in [-0.2, -0.15) is 0 Å². The topological polar surface area (TPSA) is 52.6 Å². The van der Waals surface area contributed by atoms with Crippen LogP contribution in [0.4, 0.5) is 0 Å². The number of esters is 1. The van der Waals surface area contributed by atoms with Crippen LogP contribution in [-0.4, -0.2) is 35.9 Å². The van der Waals surface area contributed by atoms with Gasteiger partial charge in [0.1, 0.15) is 6.61 Å². The molecule has 4 saturated carbocycles. The lowest BCUT2D eigenvalue weighted by molar-refractivity contribution is -0.193. The van der Waals surface area contributed by atoms with Gasteiger partial charge in [0.15, 0.2) is 5.78 Å². The van der Waals surface area contributed by atoms with Gasteiger partial charge < -0.3 is 9.47 Å². The third-order valence-electron chi connectivity index (χ3n) is 9.99. The number of ether oxygens (including phenoxy) is 2. The van der Waals surface area contributed by atoms with Gasteiger partial charge in [-0.05, 0) is 82.0 Å². The molecule has 0 saturated heterocycles. The van der Waals surface area contributed by atoms with E-state index in [0.717, 1.165) is 81.5 Å². The maximum Gasteiger partial charge on any atom is 0.312 e. The quantitative estimate of drug-likeness (QED) is 0.113. The molecule has 4 aliphatic carbocycles. The summed E-state index contributed by atoms with van der Waals surface area (Å²) >= 11 is 3.49. The zero-order valence-corrected chi connectivity index (χ0v) is 22.1. The molecule has 4 aliphatic rings. The molecule has 0 amide bonds. The number of ketones is 1. The highest BCUT2D eigenvalue weighted by atomic mass is 79.9. The van der Waals surface area contributed by atoms with Crippen molar-refractivity contribution in [1.82, 2.24) is 0 Å². The normalized spacial score (nSPS) is 41.9. The first-order valence-electron chi connectivity index (χ1n) is 12.9. The Morgan fingerprint density at radius 3 is 2.61 bits per heavy atom. The number of alkyl halides is 1. The number of hydrogen-bond donors (Lipinski definition) is 0. The SMILES string of the molecule is C=CCOC(=O)[C@]1(C)CCC[C@@]2(C)[C@@H]3CC[C@]4(OCCCCCBr)C[C@@]3(CC[C@@H]21)C(=O)C4=C. The van der Waals surface area contributed by atoms with E-state index in [2.05, 4.69) is 42.9 Å². The highest BCUT2D eigenvalue weighted by Crippen LogP contribution is 2.72. The van der Waals surface area contributed by atoms with E-state index in [1.54, 1.807) is 6.08 Å². The largest absolute Gasteiger partial charge is 0.461 e. The number of carbonyl (C=O) groups is 2. The maximum atomic E-state index is 13.8. The van der Waals surface area contributed by atoms with Crippen LogP contribution in [0.2, 0.25) is 0 Å². The van der Waals surface area contributed by atoms with E-state index in [4.69, 9.17) is 9.47 Å². The van der Waals surface area contributed by atoms with Crippen LogP contribution in [0, 0.1) is 28.1 Å². The van der Waals surface area contributed by atoms with Gasteiger partial charge in [0.05, 0.1) is 11.0 Å². The molecule has 184 valence electrons. The standard InChI is InChI=1S/C28H41BrO4/c1-5-17-32-24(31)26(4)13-9-12-25(3)21(26)10-14-27-19-28(15-11-22(25)27,20(2)23(27)30)33-18-8-6-7-16-29/h5,21-22H,1-2,6-19H2,3-4H3/t21-,22-,25+,26+,27+,28-/m0/s1. The molecule has 4 fully saturated rings. The lowest BCUT2D eigenvalue weighted by atomic mass is 9.40. The van der Waals surface area contributed by atoms with Gasteiger partial charge in [-0.15, -0.1) is 0 Å². The number of Topliss-reactive ketones (excluding diaryl/α,β-unsaturated/α-hetero) is 1. The van der Waals surface area contributed by atoms with Crippen LogP contribution < -0.4 is 0 Å². The second-order valence-corrected chi connectivity index (χ2v) is 12.4. The van der Waals surface area contributed by atoms with Crippen molar-refractivity contribution in [1.29, 1.82) is 0 Å². The highest BCUT2D eigenvalue weighted by molar-refractivity contribution is 9.09. The number of fused-ring (bicyclic) bond motifs is 3. The number of hydrogen-bond acceptors (Lipinski definition) is 4. The Hall–Kier alpha value is -0.940. The summed E-state index contributed by atoms with van der Waals surface area (Å²) in [5, 5.41) is 1.02. The van der Waals surface area contributed by atoms with Crippen LogP contribution in [-0.2, 0) is 19.1 Å². The number of rotatable bonds is 9. The fraction of sp³-hybridized carbons (Fsp3) is 0.786. The lowest BCUT2D eigenvalue weighted by Gasteiger charge is -2.63. The van der Waals surface area contributed by atoms with Crippen LogP contribution in [0.1, 0.15) is 84.5 Å². The van der Waals surface area contributed by atoms with Crippen molar-refractivity contribution in [2.75, 3.05) is 18.5 Å². The van der Waals surface area contributed by atoms with Crippen molar-refractivity contribution in [3.63, 3.8) is 0 Å². The van der Waals surface area contributed by atoms with Crippen molar-refractivity contribution in [2.24, 2.45) is 28.1 Å². The van der Waals surface area contributed by atoms with Gasteiger partial charge in [0, 0.05) is 22.9 Å². The van der Waals surface area contributed by atoms with Crippen molar-refractivity contribution in [3.05, 3.63) is 24.8 Å². The molecule has 5 heteroatoms. The minimum absolute atomic E-state index is 0.0409. The Labute approximate surface area is 208 Å². The van der Waals surface area contributed by atoms with E-state index in [-0.39, 0.29) is 41.0 Å². The van der Waals surface area contributed by atoms with Crippen LogP contribution in [0.3, 0.4) is 0 Å². The summed E-state index contributed by atoms with van der Waals surface area (Å²) in [6.07, 6.45) is 12.3. The van der Waals surface area contributed by atoms with Gasteiger partial charge in [0.2, 0.25) is 0 Å². The summed E-state index contributed by atoms with van der Waals surface area (Å²) < 4.78 is 12.1. The van der Waals surface area contributed by atoms with Crippen molar-refractivity contribution >= 4 is 27.7 Å². The minimum atomic E-state index is -0.489. The van der Waals surface area contributed by atoms with Gasteiger partial charge in [-0.1, -0.05) is 54.9 Å².